The van der Waals surface area contributed by atoms with E-state index < -0.39 is 48.9 Å². The van der Waals surface area contributed by atoms with E-state index in [-0.39, 0.29) is 11.3 Å². The number of hydrogen-bond acceptors (Lipinski definition) is 8. The van der Waals surface area contributed by atoms with Crippen molar-refractivity contribution in [3.63, 3.8) is 0 Å². The van der Waals surface area contributed by atoms with Crippen LogP contribution in [0.15, 0.2) is 18.2 Å². The van der Waals surface area contributed by atoms with Crippen molar-refractivity contribution in [2.75, 3.05) is 0 Å². The molecule has 1 aliphatic heterocycles. The number of aryl methyl sites for hydroxylation is 1. The lowest BCUT2D eigenvalue weighted by Crippen LogP contribution is -2.61. The summed E-state index contributed by atoms with van der Waals surface area (Å²) >= 11 is 0. The van der Waals surface area contributed by atoms with E-state index in [4.69, 9.17) is 9.47 Å². The molecule has 0 spiro atoms. The zero-order valence-corrected chi connectivity index (χ0v) is 18.4. The highest BCUT2D eigenvalue weighted by Gasteiger charge is 2.57. The molecule has 9 nitrogen and oxygen atoms in total. The third kappa shape index (κ3) is 3.57. The summed E-state index contributed by atoms with van der Waals surface area (Å²) in [5.41, 5.74) is 2.08. The van der Waals surface area contributed by atoms with Gasteiger partial charge in [-0.15, -0.1) is 0 Å². The minimum atomic E-state index is -1.76. The van der Waals surface area contributed by atoms with Crippen molar-refractivity contribution in [3.8, 4) is 5.75 Å². The Kier molecular flexibility index (Phi) is 5.70. The highest BCUT2D eigenvalue weighted by molar-refractivity contribution is 5.73. The first kappa shape index (κ1) is 23.0. The fraction of sp³-hybridized carbons (Fsp3) is 0.708. The molecule has 4 aliphatic rings. The molecule has 0 aromatic heterocycles. The van der Waals surface area contributed by atoms with Crippen molar-refractivity contribution in [1.29, 1.82) is 0 Å². The summed E-state index contributed by atoms with van der Waals surface area (Å²) in [6.45, 7) is 2.10. The maximum absolute atomic E-state index is 11.3. The van der Waals surface area contributed by atoms with Crippen molar-refractivity contribution in [1.82, 2.24) is 0 Å². The van der Waals surface area contributed by atoms with Gasteiger partial charge in [0.15, 0.2) is 6.10 Å². The van der Waals surface area contributed by atoms with E-state index in [0.717, 1.165) is 31.2 Å². The van der Waals surface area contributed by atoms with Crippen LogP contribution in [0, 0.1) is 17.3 Å². The van der Waals surface area contributed by atoms with Crippen LogP contribution in [0.4, 0.5) is 0 Å². The predicted octanol–water partition coefficient (Wildman–Crippen LogP) is 0.145. The lowest BCUT2D eigenvalue weighted by molar-refractivity contribution is -0.271. The Morgan fingerprint density at radius 3 is 2.58 bits per heavy atom. The van der Waals surface area contributed by atoms with Gasteiger partial charge in [-0.3, -0.25) is 0 Å². The zero-order chi connectivity index (χ0) is 23.7. The number of hydrogen-bond donors (Lipinski definition) is 6. The summed E-state index contributed by atoms with van der Waals surface area (Å²) in [4.78, 5) is 11.3. The smallest absolute Gasteiger partial charge is 0.335 e. The lowest BCUT2D eigenvalue weighted by atomic mass is 9.55. The second kappa shape index (κ2) is 8.18. The number of carboxylic acid groups (broad SMARTS) is 1. The zero-order valence-electron chi connectivity index (χ0n) is 18.4. The average molecular weight is 465 g/mol. The molecule has 0 bridgehead atoms. The fourth-order valence-electron chi connectivity index (χ4n) is 6.90. The lowest BCUT2D eigenvalue weighted by Gasteiger charge is -2.50. The number of ether oxygens (including phenoxy) is 2. The van der Waals surface area contributed by atoms with Crippen LogP contribution in [0.2, 0.25) is 0 Å². The molecule has 1 heterocycles. The van der Waals surface area contributed by atoms with Gasteiger partial charge in [0.2, 0.25) is 6.29 Å². The standard InChI is InChI=1S/C24H32O9/c1-24-7-6-13-12-5-3-11(32-23-19(28)17(26)18(27)20(33-23)22(30)31)8-10(12)2-4-14(13)15(24)9-16(25)21(24)29/h3,5,8,13-21,23,25-29H,2,4,6-7,9H2,1H3,(H,30,31)/t13-,14+,15+,16-,17+,18+,19-,20+,21+,23-,24+/m1/s1. The number of carbonyl (C=O) groups is 1. The van der Waals surface area contributed by atoms with Crippen LogP contribution in [0.1, 0.15) is 49.7 Å². The van der Waals surface area contributed by atoms with Crippen LogP contribution < -0.4 is 4.74 Å². The molecule has 0 amide bonds. The van der Waals surface area contributed by atoms with Crippen molar-refractivity contribution in [3.05, 3.63) is 29.3 Å². The third-order valence-electron chi connectivity index (χ3n) is 8.74. The van der Waals surface area contributed by atoms with Crippen molar-refractivity contribution >= 4 is 5.97 Å². The molecule has 1 saturated heterocycles. The molecule has 11 atom stereocenters. The molecular weight excluding hydrogens is 432 g/mol. The molecule has 3 aliphatic carbocycles. The molecule has 5 rings (SSSR count). The van der Waals surface area contributed by atoms with Crippen LogP contribution in [-0.2, 0) is 16.0 Å². The fourth-order valence-corrected chi connectivity index (χ4v) is 6.90. The number of fused-ring (bicyclic) bond motifs is 5. The van der Waals surface area contributed by atoms with Gasteiger partial charge in [-0.1, -0.05) is 13.0 Å². The second-order valence-corrected chi connectivity index (χ2v) is 10.4. The van der Waals surface area contributed by atoms with Gasteiger partial charge in [0.1, 0.15) is 24.1 Å². The van der Waals surface area contributed by atoms with E-state index in [9.17, 15) is 35.4 Å². The van der Waals surface area contributed by atoms with Crippen LogP contribution in [0.25, 0.3) is 0 Å². The van der Waals surface area contributed by atoms with Gasteiger partial charge in [0, 0.05) is 0 Å². The van der Waals surface area contributed by atoms with E-state index in [1.54, 1.807) is 6.07 Å². The Labute approximate surface area is 191 Å². The van der Waals surface area contributed by atoms with Crippen LogP contribution in [0.5, 0.6) is 5.75 Å². The quantitative estimate of drug-likeness (QED) is 0.366. The van der Waals surface area contributed by atoms with E-state index in [1.807, 2.05) is 12.1 Å². The SMILES string of the molecule is C[C@]12CC[C@@H]3c4ccc(O[C@@H]5O[C@H](C(=O)O)[C@@H](O)[C@H](O)[C@H]5O)cc4CC[C@@H]3[C@@H]1C[C@@H](O)[C@@H]2O. The molecule has 33 heavy (non-hydrogen) atoms. The molecular formula is C24H32O9. The average Bonchev–Trinajstić information content (AvgIpc) is 3.02. The minimum absolute atomic E-state index is 0.248. The summed E-state index contributed by atoms with van der Waals surface area (Å²) in [6.07, 6.45) is -5.40. The van der Waals surface area contributed by atoms with Crippen molar-refractivity contribution < 1.29 is 44.9 Å². The molecule has 2 saturated carbocycles. The normalized spacial score (nSPS) is 46.7. The summed E-state index contributed by atoms with van der Waals surface area (Å²) in [7, 11) is 0. The van der Waals surface area contributed by atoms with Gasteiger partial charge in [0.05, 0.1) is 12.2 Å². The van der Waals surface area contributed by atoms with Gasteiger partial charge >= 0.3 is 5.97 Å². The number of aliphatic hydroxyl groups excluding tert-OH is 5. The highest BCUT2D eigenvalue weighted by atomic mass is 16.7. The Morgan fingerprint density at radius 2 is 1.85 bits per heavy atom. The first-order valence-corrected chi connectivity index (χ1v) is 11.7. The van der Waals surface area contributed by atoms with Crippen LogP contribution in [0.3, 0.4) is 0 Å². The predicted molar refractivity (Wildman–Crippen MR) is 113 cm³/mol. The van der Waals surface area contributed by atoms with Gasteiger partial charge in [-0.25, -0.2) is 4.79 Å². The summed E-state index contributed by atoms with van der Waals surface area (Å²) in [5.74, 6) is -0.0622. The van der Waals surface area contributed by atoms with E-state index in [1.165, 1.54) is 5.56 Å². The Bertz CT molecular complexity index is 921. The van der Waals surface area contributed by atoms with Crippen molar-refractivity contribution in [2.24, 2.45) is 17.3 Å². The third-order valence-corrected chi connectivity index (χ3v) is 8.74. The number of benzene rings is 1. The molecule has 1 aromatic carbocycles. The van der Waals surface area contributed by atoms with E-state index in [0.29, 0.717) is 24.0 Å². The molecule has 0 unspecified atom stereocenters. The first-order valence-electron chi connectivity index (χ1n) is 11.7. The maximum Gasteiger partial charge on any atom is 0.335 e. The second-order valence-electron chi connectivity index (χ2n) is 10.4. The van der Waals surface area contributed by atoms with Gasteiger partial charge in [0.25, 0.3) is 0 Å². The minimum Gasteiger partial charge on any atom is -0.479 e. The number of carboxylic acids is 1. The Balaban J connectivity index is 1.34. The molecule has 1 aromatic rings. The van der Waals surface area contributed by atoms with E-state index >= 15 is 0 Å². The van der Waals surface area contributed by atoms with Gasteiger partial charge in [-0.2, -0.15) is 0 Å². The number of aliphatic hydroxyl groups is 5. The number of aliphatic carboxylic acids is 1. The molecule has 182 valence electrons. The first-order chi connectivity index (χ1) is 15.6. The van der Waals surface area contributed by atoms with Crippen LogP contribution >= 0.6 is 0 Å². The Morgan fingerprint density at radius 1 is 1.09 bits per heavy atom. The molecule has 9 heteroatoms. The monoisotopic (exact) mass is 464 g/mol. The van der Waals surface area contributed by atoms with Crippen molar-refractivity contribution in [2.45, 2.75) is 87.9 Å². The number of rotatable bonds is 3. The van der Waals surface area contributed by atoms with E-state index in [2.05, 4.69) is 6.92 Å². The highest BCUT2D eigenvalue weighted by Crippen LogP contribution is 2.61. The summed E-state index contributed by atoms with van der Waals surface area (Å²) in [6, 6.07) is 5.60. The topological polar surface area (TPSA) is 157 Å². The van der Waals surface area contributed by atoms with Crippen LogP contribution in [-0.4, -0.2) is 79.5 Å². The summed E-state index contributed by atoms with van der Waals surface area (Å²) in [5, 5.41) is 60.2. The Hall–Kier alpha value is -1.75. The van der Waals surface area contributed by atoms with Gasteiger partial charge in [-0.05, 0) is 78.5 Å². The molecule has 6 N–H and O–H groups in total. The maximum atomic E-state index is 11.3. The largest absolute Gasteiger partial charge is 0.479 e. The summed E-state index contributed by atoms with van der Waals surface area (Å²) < 4.78 is 10.9. The molecule has 3 fully saturated rings. The van der Waals surface area contributed by atoms with Gasteiger partial charge < -0.3 is 40.1 Å². The molecule has 0 radical (unpaired) electrons.